The van der Waals surface area contributed by atoms with E-state index in [4.69, 9.17) is 0 Å². The van der Waals surface area contributed by atoms with Crippen LogP contribution < -0.4 is 10.7 Å². The highest BCUT2D eigenvalue weighted by atomic mass is 32.2. The van der Waals surface area contributed by atoms with Crippen LogP contribution in [0.15, 0.2) is 70.8 Å². The Morgan fingerprint density at radius 1 is 1.10 bits per heavy atom. The SMILES string of the molecule is C/C(=N/NC(=O)c1cc2ccccc2cc1O)c1ccc(NC2=NCCCS2)cc1. The van der Waals surface area contributed by atoms with Crippen LogP contribution in [0.1, 0.15) is 29.3 Å². The minimum Gasteiger partial charge on any atom is -0.507 e. The van der Waals surface area contributed by atoms with Gasteiger partial charge in [-0.15, -0.1) is 0 Å². The second-order valence-electron chi connectivity index (χ2n) is 6.95. The number of amides is 1. The number of hydrogen-bond acceptors (Lipinski definition) is 6. The van der Waals surface area contributed by atoms with E-state index in [2.05, 4.69) is 20.8 Å². The number of benzene rings is 3. The number of aliphatic imine (C=N–C) groups is 1. The summed E-state index contributed by atoms with van der Waals surface area (Å²) in [4.78, 5) is 17.0. The minimum atomic E-state index is -0.455. The van der Waals surface area contributed by atoms with E-state index in [-0.39, 0.29) is 11.3 Å². The Labute approximate surface area is 179 Å². The molecule has 0 radical (unpaired) electrons. The normalized spacial score (nSPS) is 14.3. The number of carbonyl (C=O) groups is 1. The molecular formula is C23H22N4O2S. The first kappa shape index (κ1) is 20.0. The maximum Gasteiger partial charge on any atom is 0.275 e. The Kier molecular flexibility index (Phi) is 5.99. The van der Waals surface area contributed by atoms with Crippen LogP contribution in [-0.4, -0.2) is 34.2 Å². The van der Waals surface area contributed by atoms with Gasteiger partial charge in [0.1, 0.15) is 5.75 Å². The molecule has 3 aromatic rings. The molecule has 0 atom stereocenters. The molecule has 0 saturated carbocycles. The van der Waals surface area contributed by atoms with Crippen molar-refractivity contribution >= 4 is 45.0 Å². The molecule has 0 unspecified atom stereocenters. The van der Waals surface area contributed by atoms with Crippen molar-refractivity contribution < 1.29 is 9.90 Å². The lowest BCUT2D eigenvalue weighted by Gasteiger charge is -2.13. The Hall–Kier alpha value is -3.32. The van der Waals surface area contributed by atoms with Gasteiger partial charge in [0.2, 0.25) is 0 Å². The first-order chi connectivity index (χ1) is 14.6. The minimum absolute atomic E-state index is 0.0713. The quantitative estimate of drug-likeness (QED) is 0.427. The fourth-order valence-corrected chi connectivity index (χ4v) is 3.96. The zero-order valence-electron chi connectivity index (χ0n) is 16.6. The fourth-order valence-electron chi connectivity index (χ4n) is 3.12. The smallest absolute Gasteiger partial charge is 0.275 e. The lowest BCUT2D eigenvalue weighted by molar-refractivity contribution is 0.0952. The van der Waals surface area contributed by atoms with Crippen LogP contribution in [0.3, 0.4) is 0 Å². The van der Waals surface area contributed by atoms with Gasteiger partial charge in [-0.25, -0.2) is 5.43 Å². The molecule has 0 spiro atoms. The first-order valence-corrected chi connectivity index (χ1v) is 10.7. The van der Waals surface area contributed by atoms with Gasteiger partial charge < -0.3 is 10.4 Å². The number of amidine groups is 1. The first-order valence-electron chi connectivity index (χ1n) is 9.71. The highest BCUT2D eigenvalue weighted by Crippen LogP contribution is 2.25. The number of fused-ring (bicyclic) bond motifs is 1. The number of rotatable bonds is 4. The van der Waals surface area contributed by atoms with Crippen LogP contribution in [-0.2, 0) is 0 Å². The Morgan fingerprint density at radius 2 is 1.83 bits per heavy atom. The fraction of sp³-hybridized carbons (Fsp3) is 0.174. The Balaban J connectivity index is 1.44. The number of thioether (sulfide) groups is 1. The average Bonchev–Trinajstić information content (AvgIpc) is 2.78. The van der Waals surface area contributed by atoms with E-state index in [1.165, 1.54) is 0 Å². The average molecular weight is 419 g/mol. The highest BCUT2D eigenvalue weighted by molar-refractivity contribution is 8.14. The molecule has 0 bridgehead atoms. The number of nitrogens with one attached hydrogen (secondary N) is 2. The number of nitrogens with zero attached hydrogens (tertiary/aromatic N) is 2. The number of hydrazone groups is 1. The van der Waals surface area contributed by atoms with Gasteiger partial charge in [-0.3, -0.25) is 9.79 Å². The highest BCUT2D eigenvalue weighted by Gasteiger charge is 2.12. The molecule has 0 saturated heterocycles. The molecule has 6 nitrogen and oxygen atoms in total. The van der Waals surface area contributed by atoms with E-state index in [0.29, 0.717) is 5.71 Å². The van der Waals surface area contributed by atoms with E-state index in [1.807, 2.05) is 55.5 Å². The predicted molar refractivity (Wildman–Crippen MR) is 125 cm³/mol. The summed E-state index contributed by atoms with van der Waals surface area (Å²) in [6.07, 6.45) is 1.12. The molecule has 0 aliphatic carbocycles. The molecule has 152 valence electrons. The van der Waals surface area contributed by atoms with Gasteiger partial charge in [-0.1, -0.05) is 48.2 Å². The number of phenols is 1. The van der Waals surface area contributed by atoms with Gasteiger partial charge in [0.15, 0.2) is 5.17 Å². The largest absolute Gasteiger partial charge is 0.507 e. The summed E-state index contributed by atoms with van der Waals surface area (Å²) in [6, 6.07) is 18.6. The van der Waals surface area contributed by atoms with E-state index in [1.54, 1.807) is 23.9 Å². The van der Waals surface area contributed by atoms with E-state index >= 15 is 0 Å². The third-order valence-corrected chi connectivity index (χ3v) is 5.78. The maximum absolute atomic E-state index is 12.5. The molecule has 0 aromatic heterocycles. The van der Waals surface area contributed by atoms with E-state index in [9.17, 15) is 9.90 Å². The van der Waals surface area contributed by atoms with Crippen molar-refractivity contribution in [2.24, 2.45) is 10.1 Å². The molecule has 7 heteroatoms. The van der Waals surface area contributed by atoms with Crippen LogP contribution in [0.25, 0.3) is 10.8 Å². The predicted octanol–water partition coefficient (Wildman–Crippen LogP) is 4.60. The van der Waals surface area contributed by atoms with E-state index < -0.39 is 5.91 Å². The Bertz CT molecular complexity index is 1140. The summed E-state index contributed by atoms with van der Waals surface area (Å²) < 4.78 is 0. The van der Waals surface area contributed by atoms with Crippen LogP contribution in [0, 0.1) is 0 Å². The standard InChI is InChI=1S/C23H22N4O2S/c1-15(16-7-9-19(10-8-16)25-23-24-11-4-12-30-23)26-27-22(29)20-13-17-5-2-3-6-18(17)14-21(20)28/h2-3,5-10,13-14,28H,4,11-12H2,1H3,(H,24,25)(H,27,29)/b26-15-. The molecule has 0 fully saturated rings. The lowest BCUT2D eigenvalue weighted by atomic mass is 10.1. The Morgan fingerprint density at radius 3 is 2.53 bits per heavy atom. The zero-order valence-corrected chi connectivity index (χ0v) is 17.4. The van der Waals surface area contributed by atoms with Crippen LogP contribution in [0.2, 0.25) is 0 Å². The molecule has 1 amide bonds. The molecule has 3 aromatic carbocycles. The summed E-state index contributed by atoms with van der Waals surface area (Å²) in [6.45, 7) is 2.69. The number of phenolic OH excluding ortho intramolecular Hbond substituents is 1. The monoisotopic (exact) mass is 418 g/mol. The molecule has 1 aliphatic rings. The van der Waals surface area contributed by atoms with Gasteiger partial charge in [-0.05, 0) is 53.9 Å². The van der Waals surface area contributed by atoms with Crippen molar-refractivity contribution in [1.82, 2.24) is 5.43 Å². The van der Waals surface area contributed by atoms with Gasteiger partial charge in [0, 0.05) is 18.0 Å². The van der Waals surface area contributed by atoms with Crippen molar-refractivity contribution in [3.8, 4) is 5.75 Å². The molecule has 4 rings (SSSR count). The summed E-state index contributed by atoms with van der Waals surface area (Å²) >= 11 is 1.73. The number of anilines is 1. The summed E-state index contributed by atoms with van der Waals surface area (Å²) in [5, 5.41) is 20.4. The molecule has 3 N–H and O–H groups in total. The summed E-state index contributed by atoms with van der Waals surface area (Å²) in [7, 11) is 0. The third kappa shape index (κ3) is 4.63. The van der Waals surface area contributed by atoms with Gasteiger partial charge >= 0.3 is 0 Å². The third-order valence-electron chi connectivity index (χ3n) is 4.78. The zero-order chi connectivity index (χ0) is 20.9. The van der Waals surface area contributed by atoms with Crippen molar-refractivity contribution in [3.05, 3.63) is 71.8 Å². The molecule has 30 heavy (non-hydrogen) atoms. The second kappa shape index (κ2) is 9.00. The lowest BCUT2D eigenvalue weighted by Crippen LogP contribution is -2.19. The summed E-state index contributed by atoms with van der Waals surface area (Å²) in [5.74, 6) is 0.559. The van der Waals surface area contributed by atoms with Crippen LogP contribution in [0.5, 0.6) is 5.75 Å². The van der Waals surface area contributed by atoms with Crippen molar-refractivity contribution in [2.45, 2.75) is 13.3 Å². The van der Waals surface area contributed by atoms with Gasteiger partial charge in [0.25, 0.3) is 5.91 Å². The molecule has 1 heterocycles. The number of carbonyl (C=O) groups excluding carboxylic acids is 1. The van der Waals surface area contributed by atoms with Crippen molar-refractivity contribution in [3.63, 3.8) is 0 Å². The topological polar surface area (TPSA) is 86.1 Å². The summed E-state index contributed by atoms with van der Waals surface area (Å²) in [5.41, 5.74) is 5.24. The van der Waals surface area contributed by atoms with Gasteiger partial charge in [-0.2, -0.15) is 5.10 Å². The van der Waals surface area contributed by atoms with Gasteiger partial charge in [0.05, 0.1) is 11.3 Å². The molecule has 1 aliphatic heterocycles. The maximum atomic E-state index is 12.5. The van der Waals surface area contributed by atoms with Crippen molar-refractivity contribution in [1.29, 1.82) is 0 Å². The van der Waals surface area contributed by atoms with Crippen molar-refractivity contribution in [2.75, 3.05) is 17.6 Å². The molecular weight excluding hydrogens is 396 g/mol. The number of aromatic hydroxyl groups is 1. The second-order valence-corrected chi connectivity index (χ2v) is 8.03. The van der Waals surface area contributed by atoms with Crippen LogP contribution >= 0.6 is 11.8 Å². The van der Waals surface area contributed by atoms with Crippen LogP contribution in [0.4, 0.5) is 5.69 Å². The number of hydrogen-bond donors (Lipinski definition) is 3. The van der Waals surface area contributed by atoms with E-state index in [0.717, 1.165) is 45.9 Å².